The number of halogens is 1. The predicted octanol–water partition coefficient (Wildman–Crippen LogP) is 3.90. The first-order valence-electron chi connectivity index (χ1n) is 12.4. The third-order valence-electron chi connectivity index (χ3n) is 7.00. The average Bonchev–Trinajstić information content (AvgIpc) is 3.28. The number of rotatable bonds is 7. The third kappa shape index (κ3) is 4.97. The van der Waals surface area contributed by atoms with Gasteiger partial charge in [-0.05, 0) is 61.2 Å². The predicted molar refractivity (Wildman–Crippen MR) is 145 cm³/mol. The number of allylic oxidation sites excluding steroid dienone is 4. The molecule has 3 aromatic rings. The van der Waals surface area contributed by atoms with E-state index in [1.54, 1.807) is 27.2 Å². The van der Waals surface area contributed by atoms with Gasteiger partial charge in [0.25, 0.3) is 0 Å². The van der Waals surface area contributed by atoms with E-state index in [0.29, 0.717) is 41.6 Å². The minimum Gasteiger partial charge on any atom is -0.370 e. The van der Waals surface area contributed by atoms with Gasteiger partial charge in [-0.2, -0.15) is 13.9 Å². The van der Waals surface area contributed by atoms with Gasteiger partial charge in [-0.15, -0.1) is 0 Å². The first kappa shape index (κ1) is 25.1. The van der Waals surface area contributed by atoms with E-state index in [1.165, 1.54) is 0 Å². The molecule has 1 aliphatic carbocycles. The standard InChI is InChI=1S/C26H29BClN5O2S/c1-2-18-7-9-20(10-8-18)36(34,35)32-13-11-19(12-14-32)16-29-25-15-24(21-5-3-4-6-23(21)28)31-26-22(27)17-30-33(25)26/h3,5,7-10,15,17,19,29H,2,4,6,11-14,16H2,1H3. The molecule has 2 radical (unpaired) electrons. The highest BCUT2D eigenvalue weighted by Crippen LogP contribution is 2.31. The maximum absolute atomic E-state index is 13.1. The Morgan fingerprint density at radius 3 is 2.64 bits per heavy atom. The van der Waals surface area contributed by atoms with Crippen molar-refractivity contribution in [3.8, 4) is 0 Å². The summed E-state index contributed by atoms with van der Waals surface area (Å²) in [6.45, 7) is 3.76. The molecule has 7 nitrogen and oxygen atoms in total. The number of fused-ring (bicyclic) bond motifs is 1. The number of nitrogens with zero attached hydrogens (tertiary/aromatic N) is 4. The van der Waals surface area contributed by atoms with E-state index in [0.717, 1.165) is 59.8 Å². The van der Waals surface area contributed by atoms with Crippen molar-refractivity contribution < 1.29 is 8.42 Å². The molecular formula is C26H29BClN5O2S. The molecule has 1 aliphatic heterocycles. The molecule has 0 saturated carbocycles. The van der Waals surface area contributed by atoms with Crippen molar-refractivity contribution in [2.24, 2.45) is 5.92 Å². The molecule has 0 unspecified atom stereocenters. The number of nitrogens with one attached hydrogen (secondary N) is 1. The Morgan fingerprint density at radius 1 is 1.19 bits per heavy atom. The molecule has 1 aromatic carbocycles. The third-order valence-corrected chi connectivity index (χ3v) is 9.30. The van der Waals surface area contributed by atoms with Crippen molar-refractivity contribution >= 4 is 52.0 Å². The van der Waals surface area contributed by atoms with E-state index in [9.17, 15) is 8.42 Å². The van der Waals surface area contributed by atoms with Gasteiger partial charge in [0.1, 0.15) is 13.7 Å². The molecule has 1 N–H and O–H groups in total. The topological polar surface area (TPSA) is 79.6 Å². The van der Waals surface area contributed by atoms with Crippen LogP contribution in [0.5, 0.6) is 0 Å². The van der Waals surface area contributed by atoms with Crippen LogP contribution in [0.3, 0.4) is 0 Å². The second kappa shape index (κ2) is 10.4. The molecule has 5 rings (SSSR count). The Bertz CT molecular complexity index is 1420. The number of aryl methyl sites for hydroxylation is 1. The van der Waals surface area contributed by atoms with E-state index in [4.69, 9.17) is 24.4 Å². The number of hydrogen-bond acceptors (Lipinski definition) is 5. The monoisotopic (exact) mass is 521 g/mol. The summed E-state index contributed by atoms with van der Waals surface area (Å²) in [6.07, 6.45) is 9.86. The summed E-state index contributed by atoms with van der Waals surface area (Å²) in [7, 11) is 2.66. The lowest BCUT2D eigenvalue weighted by atomic mass is 9.98. The smallest absolute Gasteiger partial charge is 0.243 e. The lowest BCUT2D eigenvalue weighted by molar-refractivity contribution is 0.282. The molecule has 1 fully saturated rings. The first-order chi connectivity index (χ1) is 17.4. The highest BCUT2D eigenvalue weighted by atomic mass is 35.5. The van der Waals surface area contributed by atoms with E-state index >= 15 is 0 Å². The largest absolute Gasteiger partial charge is 0.370 e. The molecule has 0 atom stereocenters. The summed E-state index contributed by atoms with van der Waals surface area (Å²) in [5.74, 6) is 1.12. The zero-order valence-electron chi connectivity index (χ0n) is 20.3. The Morgan fingerprint density at radius 2 is 1.94 bits per heavy atom. The Kier molecular flexibility index (Phi) is 7.24. The number of sulfonamides is 1. The molecule has 0 spiro atoms. The van der Waals surface area contributed by atoms with Crippen LogP contribution in [0.1, 0.15) is 43.9 Å². The van der Waals surface area contributed by atoms with Gasteiger partial charge in [0.2, 0.25) is 10.0 Å². The lowest BCUT2D eigenvalue weighted by Crippen LogP contribution is -2.39. The summed E-state index contributed by atoms with van der Waals surface area (Å²) >= 11 is 6.50. The van der Waals surface area contributed by atoms with Crippen molar-refractivity contribution in [3.05, 3.63) is 65.0 Å². The fraction of sp³-hybridized carbons (Fsp3) is 0.385. The minimum atomic E-state index is -3.47. The fourth-order valence-electron chi connectivity index (χ4n) is 4.75. The van der Waals surface area contributed by atoms with Crippen molar-refractivity contribution in [2.45, 2.75) is 43.9 Å². The van der Waals surface area contributed by atoms with Gasteiger partial charge in [-0.25, -0.2) is 13.4 Å². The van der Waals surface area contributed by atoms with Gasteiger partial charge in [0, 0.05) is 42.5 Å². The SMILES string of the molecule is [B]c1cnn2c(NCC3CCN(S(=O)(=O)c4ccc(CC)cc4)CC3)cc(C3=C(Cl)CCC=C3)nc12. The lowest BCUT2D eigenvalue weighted by Gasteiger charge is -2.31. The number of anilines is 1. The highest BCUT2D eigenvalue weighted by Gasteiger charge is 2.29. The second-order valence-corrected chi connectivity index (χ2v) is 11.7. The number of aromatic nitrogens is 3. The molecule has 186 valence electrons. The summed E-state index contributed by atoms with van der Waals surface area (Å²) in [5, 5.41) is 8.69. The highest BCUT2D eigenvalue weighted by molar-refractivity contribution is 7.89. The van der Waals surface area contributed by atoms with E-state index in [2.05, 4.69) is 23.4 Å². The summed E-state index contributed by atoms with van der Waals surface area (Å²) in [5.41, 5.74) is 3.87. The van der Waals surface area contributed by atoms with E-state index < -0.39 is 10.0 Å². The van der Waals surface area contributed by atoms with Crippen LogP contribution in [0.4, 0.5) is 5.82 Å². The number of hydrogen-bond donors (Lipinski definition) is 1. The first-order valence-corrected chi connectivity index (χ1v) is 14.2. The summed E-state index contributed by atoms with van der Waals surface area (Å²) in [6, 6.07) is 9.16. The number of benzene rings is 1. The van der Waals surface area contributed by atoms with Crippen LogP contribution in [0.25, 0.3) is 11.2 Å². The van der Waals surface area contributed by atoms with Crippen LogP contribution in [0.2, 0.25) is 0 Å². The minimum absolute atomic E-state index is 0.330. The van der Waals surface area contributed by atoms with Crippen LogP contribution >= 0.6 is 11.6 Å². The zero-order valence-corrected chi connectivity index (χ0v) is 21.9. The Balaban J connectivity index is 1.28. The van der Waals surface area contributed by atoms with Crippen LogP contribution < -0.4 is 10.8 Å². The molecule has 0 amide bonds. The average molecular weight is 522 g/mol. The van der Waals surface area contributed by atoms with Gasteiger partial charge < -0.3 is 5.32 Å². The Labute approximate surface area is 218 Å². The van der Waals surface area contributed by atoms with Crippen molar-refractivity contribution in [3.63, 3.8) is 0 Å². The molecule has 3 heterocycles. The van der Waals surface area contributed by atoms with Gasteiger partial charge in [0.15, 0.2) is 5.65 Å². The van der Waals surface area contributed by atoms with Crippen molar-refractivity contribution in [2.75, 3.05) is 25.0 Å². The van der Waals surface area contributed by atoms with Gasteiger partial charge in [-0.3, -0.25) is 0 Å². The molecule has 10 heteroatoms. The molecule has 1 saturated heterocycles. The summed E-state index contributed by atoms with van der Waals surface area (Å²) in [4.78, 5) is 5.07. The zero-order chi connectivity index (χ0) is 25.3. The van der Waals surface area contributed by atoms with E-state index in [-0.39, 0.29) is 0 Å². The maximum atomic E-state index is 13.1. The van der Waals surface area contributed by atoms with E-state index in [1.807, 2.05) is 24.3 Å². The van der Waals surface area contributed by atoms with Crippen LogP contribution in [-0.4, -0.2) is 54.8 Å². The number of piperidine rings is 1. The second-order valence-electron chi connectivity index (χ2n) is 9.35. The van der Waals surface area contributed by atoms with Crippen LogP contribution in [-0.2, 0) is 16.4 Å². The molecule has 2 aliphatic rings. The van der Waals surface area contributed by atoms with Crippen molar-refractivity contribution in [1.29, 1.82) is 0 Å². The molecule has 2 aromatic heterocycles. The molecule has 0 bridgehead atoms. The van der Waals surface area contributed by atoms with Crippen LogP contribution in [0, 0.1) is 5.92 Å². The quantitative estimate of drug-likeness (QED) is 0.477. The summed E-state index contributed by atoms with van der Waals surface area (Å²) < 4.78 is 29.5. The normalized spacial score (nSPS) is 17.7. The van der Waals surface area contributed by atoms with Gasteiger partial charge in [0.05, 0.1) is 10.6 Å². The van der Waals surface area contributed by atoms with Crippen LogP contribution in [0.15, 0.2) is 58.6 Å². The molecule has 36 heavy (non-hydrogen) atoms. The van der Waals surface area contributed by atoms with Crippen molar-refractivity contribution in [1.82, 2.24) is 18.9 Å². The molecular weight excluding hydrogens is 493 g/mol. The fourth-order valence-corrected chi connectivity index (χ4v) is 6.49. The maximum Gasteiger partial charge on any atom is 0.243 e. The Hall–Kier alpha value is -2.62. The van der Waals surface area contributed by atoms with Gasteiger partial charge in [-0.1, -0.05) is 42.8 Å². The van der Waals surface area contributed by atoms with Gasteiger partial charge >= 0.3 is 0 Å².